The van der Waals surface area contributed by atoms with Crippen molar-refractivity contribution in [2.24, 2.45) is 0 Å². The molecule has 0 radical (unpaired) electrons. The van der Waals surface area contributed by atoms with Gasteiger partial charge in [-0.1, -0.05) is 0 Å². The number of carboxylic acid groups (broad SMARTS) is 1. The molecule has 1 heterocycles. The molecule has 0 saturated carbocycles. The second-order valence-corrected chi connectivity index (χ2v) is 4.60. The van der Waals surface area contributed by atoms with E-state index in [0.29, 0.717) is 5.95 Å². The summed E-state index contributed by atoms with van der Waals surface area (Å²) in [6, 6.07) is 8.57. The van der Waals surface area contributed by atoms with Gasteiger partial charge in [-0.25, -0.2) is 14.8 Å². The molecular weight excluding hydrogens is 270 g/mol. The quantitative estimate of drug-likeness (QED) is 0.907. The molecule has 21 heavy (non-hydrogen) atoms. The Kier molecular flexibility index (Phi) is 4.37. The van der Waals surface area contributed by atoms with Crippen LogP contribution in [-0.2, 0) is 4.79 Å². The second-order valence-electron chi connectivity index (χ2n) is 4.60. The smallest absolute Gasteiger partial charge is 0.326 e. The van der Waals surface area contributed by atoms with Crippen molar-refractivity contribution < 1.29 is 14.6 Å². The van der Waals surface area contributed by atoms with Crippen molar-refractivity contribution in [2.45, 2.75) is 13.0 Å². The van der Waals surface area contributed by atoms with E-state index in [2.05, 4.69) is 9.97 Å². The van der Waals surface area contributed by atoms with Crippen molar-refractivity contribution in [1.29, 1.82) is 0 Å². The lowest BCUT2D eigenvalue weighted by molar-refractivity contribution is -0.138. The third-order valence-corrected chi connectivity index (χ3v) is 3.28. The van der Waals surface area contributed by atoms with Crippen LogP contribution in [0.4, 0.5) is 5.95 Å². The SMILES string of the molecule is COc1ccc(-c2ccnc(N(C)C(C)C(=O)O)n2)cc1. The van der Waals surface area contributed by atoms with Gasteiger partial charge in [-0.2, -0.15) is 0 Å². The average Bonchev–Trinajstić information content (AvgIpc) is 2.53. The van der Waals surface area contributed by atoms with Crippen LogP contribution in [0.5, 0.6) is 5.75 Å². The van der Waals surface area contributed by atoms with Crippen LogP contribution < -0.4 is 9.64 Å². The van der Waals surface area contributed by atoms with Gasteiger partial charge in [0.2, 0.25) is 5.95 Å². The highest BCUT2D eigenvalue weighted by Gasteiger charge is 2.19. The monoisotopic (exact) mass is 287 g/mol. The highest BCUT2D eigenvalue weighted by atomic mass is 16.5. The number of hydrogen-bond acceptors (Lipinski definition) is 5. The highest BCUT2D eigenvalue weighted by molar-refractivity contribution is 5.76. The first-order chi connectivity index (χ1) is 10.0. The Morgan fingerprint density at radius 1 is 1.29 bits per heavy atom. The van der Waals surface area contributed by atoms with Crippen molar-refractivity contribution in [3.63, 3.8) is 0 Å². The number of ether oxygens (including phenoxy) is 1. The van der Waals surface area contributed by atoms with Crippen LogP contribution in [-0.4, -0.2) is 41.2 Å². The number of nitrogens with zero attached hydrogens (tertiary/aromatic N) is 3. The third-order valence-electron chi connectivity index (χ3n) is 3.28. The van der Waals surface area contributed by atoms with Crippen molar-refractivity contribution in [2.75, 3.05) is 19.1 Å². The molecular formula is C15H17N3O3. The molecule has 0 spiro atoms. The van der Waals surface area contributed by atoms with Crippen LogP contribution in [0.2, 0.25) is 0 Å². The van der Waals surface area contributed by atoms with Crippen molar-refractivity contribution >= 4 is 11.9 Å². The number of carbonyl (C=O) groups is 1. The first kappa shape index (κ1) is 14.8. The van der Waals surface area contributed by atoms with E-state index in [1.165, 1.54) is 4.90 Å². The number of likely N-dealkylation sites (N-methyl/N-ethyl adjacent to an activating group) is 1. The van der Waals surface area contributed by atoms with Gasteiger partial charge < -0.3 is 14.7 Å². The van der Waals surface area contributed by atoms with E-state index in [1.807, 2.05) is 24.3 Å². The van der Waals surface area contributed by atoms with E-state index in [9.17, 15) is 4.79 Å². The Balaban J connectivity index is 2.30. The molecule has 0 bridgehead atoms. The average molecular weight is 287 g/mol. The van der Waals surface area contributed by atoms with Crippen LogP contribution in [0.15, 0.2) is 36.5 Å². The molecule has 0 aliphatic heterocycles. The zero-order valence-corrected chi connectivity index (χ0v) is 12.1. The lowest BCUT2D eigenvalue weighted by atomic mass is 10.1. The lowest BCUT2D eigenvalue weighted by Crippen LogP contribution is -2.36. The molecule has 0 aliphatic rings. The number of hydrogen-bond donors (Lipinski definition) is 1. The molecule has 2 aromatic rings. The van der Waals surface area contributed by atoms with E-state index in [4.69, 9.17) is 9.84 Å². The lowest BCUT2D eigenvalue weighted by Gasteiger charge is -2.21. The molecule has 110 valence electrons. The van der Waals surface area contributed by atoms with Crippen LogP contribution in [0.1, 0.15) is 6.92 Å². The maximum absolute atomic E-state index is 11.0. The molecule has 0 aliphatic carbocycles. The van der Waals surface area contributed by atoms with Gasteiger partial charge in [-0.15, -0.1) is 0 Å². The van der Waals surface area contributed by atoms with Gasteiger partial charge in [0.15, 0.2) is 0 Å². The molecule has 1 atom stereocenters. The number of rotatable bonds is 5. The van der Waals surface area contributed by atoms with Crippen molar-refractivity contribution in [3.05, 3.63) is 36.5 Å². The number of carboxylic acids is 1. The molecule has 1 N–H and O–H groups in total. The topological polar surface area (TPSA) is 75.5 Å². The van der Waals surface area contributed by atoms with E-state index < -0.39 is 12.0 Å². The predicted octanol–water partition coefficient (Wildman–Crippen LogP) is 2.06. The Hall–Kier alpha value is -2.63. The minimum absolute atomic E-state index is 0.373. The van der Waals surface area contributed by atoms with Gasteiger partial charge in [-0.3, -0.25) is 0 Å². The molecule has 6 heteroatoms. The van der Waals surface area contributed by atoms with Crippen LogP contribution >= 0.6 is 0 Å². The third kappa shape index (κ3) is 3.28. The molecule has 0 saturated heterocycles. The normalized spacial score (nSPS) is 11.8. The summed E-state index contributed by atoms with van der Waals surface area (Å²) in [6.45, 7) is 1.59. The Morgan fingerprint density at radius 2 is 1.95 bits per heavy atom. The maximum atomic E-state index is 11.0. The van der Waals surface area contributed by atoms with Gasteiger partial charge in [0, 0.05) is 18.8 Å². The predicted molar refractivity (Wildman–Crippen MR) is 79.5 cm³/mol. The minimum Gasteiger partial charge on any atom is -0.497 e. The molecule has 0 amide bonds. The van der Waals surface area contributed by atoms with E-state index >= 15 is 0 Å². The summed E-state index contributed by atoms with van der Waals surface area (Å²) >= 11 is 0. The number of benzene rings is 1. The Labute approximate surface area is 123 Å². The summed E-state index contributed by atoms with van der Waals surface area (Å²) in [5.74, 6) is 0.221. The van der Waals surface area contributed by atoms with Crippen LogP contribution in [0, 0.1) is 0 Å². The highest BCUT2D eigenvalue weighted by Crippen LogP contribution is 2.22. The summed E-state index contributed by atoms with van der Waals surface area (Å²) in [4.78, 5) is 21.1. The van der Waals surface area contributed by atoms with E-state index in [-0.39, 0.29) is 0 Å². The molecule has 1 unspecified atom stereocenters. The maximum Gasteiger partial charge on any atom is 0.326 e. The van der Waals surface area contributed by atoms with Gasteiger partial charge in [-0.05, 0) is 37.3 Å². The van der Waals surface area contributed by atoms with Gasteiger partial charge in [0.1, 0.15) is 11.8 Å². The van der Waals surface area contributed by atoms with Gasteiger partial charge >= 0.3 is 5.97 Å². The zero-order chi connectivity index (χ0) is 15.4. The Morgan fingerprint density at radius 3 is 2.52 bits per heavy atom. The number of methoxy groups -OCH3 is 1. The molecule has 1 aromatic heterocycles. The first-order valence-electron chi connectivity index (χ1n) is 6.46. The van der Waals surface area contributed by atoms with Crippen LogP contribution in [0.25, 0.3) is 11.3 Å². The van der Waals surface area contributed by atoms with Crippen LogP contribution in [0.3, 0.4) is 0 Å². The standard InChI is InChI=1S/C15H17N3O3/c1-10(14(19)20)18(2)15-16-9-8-13(17-15)11-4-6-12(21-3)7-5-11/h4-10H,1-3H3,(H,19,20). The van der Waals surface area contributed by atoms with Gasteiger partial charge in [0.25, 0.3) is 0 Å². The molecule has 6 nitrogen and oxygen atoms in total. The largest absolute Gasteiger partial charge is 0.497 e. The zero-order valence-electron chi connectivity index (χ0n) is 12.1. The summed E-state index contributed by atoms with van der Waals surface area (Å²) in [5.41, 5.74) is 1.64. The van der Waals surface area contributed by atoms with E-state index in [1.54, 1.807) is 33.3 Å². The first-order valence-corrected chi connectivity index (χ1v) is 6.46. The number of anilines is 1. The van der Waals surface area contributed by atoms with Crippen molar-refractivity contribution in [3.8, 4) is 17.0 Å². The fourth-order valence-corrected chi connectivity index (χ4v) is 1.78. The summed E-state index contributed by atoms with van der Waals surface area (Å²) in [7, 11) is 3.27. The fourth-order valence-electron chi connectivity index (χ4n) is 1.78. The second kappa shape index (κ2) is 6.21. The molecule has 0 fully saturated rings. The minimum atomic E-state index is -0.920. The summed E-state index contributed by atoms with van der Waals surface area (Å²) in [5, 5.41) is 9.05. The molecule has 2 rings (SSSR count). The van der Waals surface area contributed by atoms with Crippen molar-refractivity contribution in [1.82, 2.24) is 9.97 Å². The van der Waals surface area contributed by atoms with E-state index in [0.717, 1.165) is 17.0 Å². The summed E-state index contributed by atoms with van der Waals surface area (Å²) < 4.78 is 5.12. The van der Waals surface area contributed by atoms with Gasteiger partial charge in [0.05, 0.1) is 12.8 Å². The fraction of sp³-hybridized carbons (Fsp3) is 0.267. The Bertz CT molecular complexity index is 628. The summed E-state index contributed by atoms with van der Waals surface area (Å²) in [6.07, 6.45) is 1.62. The number of aromatic nitrogens is 2. The number of aliphatic carboxylic acids is 1. The molecule has 1 aromatic carbocycles.